The van der Waals surface area contributed by atoms with Crippen molar-refractivity contribution in [3.8, 4) is 6.07 Å². The molecule has 2 aromatic rings. The van der Waals surface area contributed by atoms with Gasteiger partial charge in [0.2, 0.25) is 0 Å². The second kappa shape index (κ2) is 8.85. The zero-order valence-electron chi connectivity index (χ0n) is 16.7. The van der Waals surface area contributed by atoms with Gasteiger partial charge in [-0.15, -0.1) is 0 Å². The van der Waals surface area contributed by atoms with Crippen LogP contribution in [0.3, 0.4) is 0 Å². The molecule has 0 aliphatic rings. The molecule has 2 aromatic heterocycles. The van der Waals surface area contributed by atoms with Gasteiger partial charge in [-0.2, -0.15) is 5.26 Å². The Kier molecular flexibility index (Phi) is 6.75. The van der Waals surface area contributed by atoms with Gasteiger partial charge in [-0.3, -0.25) is 9.78 Å². The lowest BCUT2D eigenvalue weighted by atomic mass is 10.1. The Morgan fingerprint density at radius 2 is 2.14 bits per heavy atom. The maximum Gasteiger partial charge on any atom is 0.419 e. The molecule has 0 aromatic carbocycles. The second-order valence-electron chi connectivity index (χ2n) is 7.57. The maximum atomic E-state index is 12.6. The third kappa shape index (κ3) is 5.08. The van der Waals surface area contributed by atoms with Crippen LogP contribution in [0.4, 0.5) is 4.79 Å². The summed E-state index contributed by atoms with van der Waals surface area (Å²) in [5.74, 6) is -0.481. The minimum Gasteiger partial charge on any atom is -0.443 e. The SMILES string of the molecule is CCCCC(O)CNC(=O)c1cn(C(=O)OC(C)(C)C)c2c(C#N)ccnc12. The van der Waals surface area contributed by atoms with Crippen molar-refractivity contribution < 1.29 is 19.4 Å². The summed E-state index contributed by atoms with van der Waals surface area (Å²) < 4.78 is 6.52. The lowest BCUT2D eigenvalue weighted by Gasteiger charge is -2.19. The predicted molar refractivity (Wildman–Crippen MR) is 104 cm³/mol. The van der Waals surface area contributed by atoms with Crippen molar-refractivity contribution in [3.05, 3.63) is 29.6 Å². The van der Waals surface area contributed by atoms with E-state index in [0.29, 0.717) is 6.42 Å². The van der Waals surface area contributed by atoms with E-state index >= 15 is 0 Å². The lowest BCUT2D eigenvalue weighted by molar-refractivity contribution is 0.0544. The summed E-state index contributed by atoms with van der Waals surface area (Å²) in [5.41, 5.74) is 0.0500. The lowest BCUT2D eigenvalue weighted by Crippen LogP contribution is -2.32. The van der Waals surface area contributed by atoms with Crippen LogP contribution in [0, 0.1) is 11.3 Å². The van der Waals surface area contributed by atoms with Crippen molar-refractivity contribution in [2.75, 3.05) is 6.54 Å². The van der Waals surface area contributed by atoms with Crippen molar-refractivity contribution in [2.24, 2.45) is 0 Å². The summed E-state index contributed by atoms with van der Waals surface area (Å²) in [4.78, 5) is 29.4. The Balaban J connectivity index is 2.38. The maximum absolute atomic E-state index is 12.6. The number of aromatic nitrogens is 2. The van der Waals surface area contributed by atoms with Crippen molar-refractivity contribution in [1.29, 1.82) is 5.26 Å². The topological polar surface area (TPSA) is 117 Å². The average molecular weight is 386 g/mol. The first-order chi connectivity index (χ1) is 13.2. The summed E-state index contributed by atoms with van der Waals surface area (Å²) in [6, 6.07) is 3.49. The van der Waals surface area contributed by atoms with E-state index in [9.17, 15) is 20.0 Å². The molecule has 0 radical (unpaired) electrons. The summed E-state index contributed by atoms with van der Waals surface area (Å²) in [6.07, 6.45) is 3.78. The Bertz CT molecular complexity index is 905. The third-order valence-electron chi connectivity index (χ3n) is 4.02. The van der Waals surface area contributed by atoms with Crippen LogP contribution >= 0.6 is 0 Å². The number of unbranched alkanes of at least 4 members (excludes halogenated alkanes) is 1. The van der Waals surface area contributed by atoms with E-state index in [-0.39, 0.29) is 28.7 Å². The Labute approximate surface area is 164 Å². The molecule has 8 heteroatoms. The minimum atomic E-state index is -0.742. The number of nitriles is 1. The van der Waals surface area contributed by atoms with Crippen LogP contribution in [0.1, 0.15) is 62.9 Å². The highest BCUT2D eigenvalue weighted by Crippen LogP contribution is 2.24. The van der Waals surface area contributed by atoms with Crippen LogP contribution in [-0.2, 0) is 4.74 Å². The zero-order valence-corrected chi connectivity index (χ0v) is 16.7. The number of rotatable bonds is 6. The number of aliphatic hydroxyl groups is 1. The van der Waals surface area contributed by atoms with Gasteiger partial charge in [0, 0.05) is 18.9 Å². The average Bonchev–Trinajstić information content (AvgIpc) is 3.03. The number of amides is 1. The fraction of sp³-hybridized carbons (Fsp3) is 0.500. The van der Waals surface area contributed by atoms with Gasteiger partial charge in [0.25, 0.3) is 5.91 Å². The smallest absolute Gasteiger partial charge is 0.419 e. The van der Waals surface area contributed by atoms with Gasteiger partial charge in [0.1, 0.15) is 17.2 Å². The number of hydrogen-bond donors (Lipinski definition) is 2. The highest BCUT2D eigenvalue weighted by molar-refractivity contribution is 6.08. The van der Waals surface area contributed by atoms with Gasteiger partial charge >= 0.3 is 6.09 Å². The number of fused-ring (bicyclic) bond motifs is 1. The quantitative estimate of drug-likeness (QED) is 0.788. The number of hydrogen-bond acceptors (Lipinski definition) is 6. The molecule has 0 aliphatic carbocycles. The molecule has 2 rings (SSSR count). The fourth-order valence-corrected chi connectivity index (χ4v) is 2.71. The Morgan fingerprint density at radius 3 is 2.75 bits per heavy atom. The Hall–Kier alpha value is -2.92. The number of carbonyl (C=O) groups is 2. The molecular weight excluding hydrogens is 360 g/mol. The monoisotopic (exact) mass is 386 g/mol. The molecule has 8 nitrogen and oxygen atoms in total. The largest absolute Gasteiger partial charge is 0.443 e. The van der Waals surface area contributed by atoms with Gasteiger partial charge in [0.05, 0.1) is 22.7 Å². The molecule has 2 heterocycles. The number of nitrogens with zero attached hydrogens (tertiary/aromatic N) is 3. The Morgan fingerprint density at radius 1 is 1.43 bits per heavy atom. The van der Waals surface area contributed by atoms with E-state index in [1.165, 1.54) is 18.5 Å². The van der Waals surface area contributed by atoms with Crippen molar-refractivity contribution in [2.45, 2.75) is 58.7 Å². The molecule has 1 amide bonds. The minimum absolute atomic E-state index is 0.0931. The van der Waals surface area contributed by atoms with Gasteiger partial charge in [0.15, 0.2) is 0 Å². The van der Waals surface area contributed by atoms with Crippen LogP contribution in [0.5, 0.6) is 0 Å². The number of ether oxygens (including phenoxy) is 1. The van der Waals surface area contributed by atoms with Crippen LogP contribution in [0.15, 0.2) is 18.5 Å². The van der Waals surface area contributed by atoms with Gasteiger partial charge in [-0.25, -0.2) is 9.36 Å². The second-order valence-corrected chi connectivity index (χ2v) is 7.57. The van der Waals surface area contributed by atoms with Crippen LogP contribution in [-0.4, -0.2) is 44.9 Å². The van der Waals surface area contributed by atoms with E-state index in [4.69, 9.17) is 4.74 Å². The molecule has 2 N–H and O–H groups in total. The number of carbonyl (C=O) groups excluding carboxylic acids is 2. The number of aliphatic hydroxyl groups excluding tert-OH is 1. The molecule has 0 saturated carbocycles. The van der Waals surface area contributed by atoms with Crippen LogP contribution < -0.4 is 5.32 Å². The first-order valence-electron chi connectivity index (χ1n) is 9.27. The predicted octanol–water partition coefficient (Wildman–Crippen LogP) is 2.97. The molecule has 0 spiro atoms. The molecule has 28 heavy (non-hydrogen) atoms. The molecule has 1 atom stereocenters. The van der Waals surface area contributed by atoms with Crippen molar-refractivity contribution >= 4 is 23.0 Å². The summed E-state index contributed by atoms with van der Waals surface area (Å²) >= 11 is 0. The van der Waals surface area contributed by atoms with E-state index < -0.39 is 23.7 Å². The van der Waals surface area contributed by atoms with E-state index in [0.717, 1.165) is 17.4 Å². The molecule has 0 saturated heterocycles. The fourth-order valence-electron chi connectivity index (χ4n) is 2.71. The normalized spacial score (nSPS) is 12.4. The number of nitrogens with one attached hydrogen (secondary N) is 1. The first kappa shape index (κ1) is 21.4. The summed E-state index contributed by atoms with van der Waals surface area (Å²) in [5, 5.41) is 22.0. The molecule has 0 aliphatic heterocycles. The van der Waals surface area contributed by atoms with Crippen LogP contribution in [0.25, 0.3) is 11.0 Å². The summed E-state index contributed by atoms with van der Waals surface area (Å²) in [7, 11) is 0. The highest BCUT2D eigenvalue weighted by Gasteiger charge is 2.25. The first-order valence-corrected chi connectivity index (χ1v) is 9.27. The third-order valence-corrected chi connectivity index (χ3v) is 4.02. The van der Waals surface area contributed by atoms with Gasteiger partial charge in [-0.1, -0.05) is 19.8 Å². The van der Waals surface area contributed by atoms with Crippen molar-refractivity contribution in [1.82, 2.24) is 14.9 Å². The van der Waals surface area contributed by atoms with Gasteiger partial charge in [-0.05, 0) is 33.3 Å². The zero-order chi connectivity index (χ0) is 20.9. The van der Waals surface area contributed by atoms with Crippen LogP contribution in [0.2, 0.25) is 0 Å². The molecular formula is C20H26N4O4. The molecule has 1 unspecified atom stereocenters. The standard InChI is InChI=1S/C20H26N4O4/c1-5-6-7-14(25)11-23-18(26)15-12-24(19(27)28-20(2,3)4)17-13(10-21)8-9-22-16(15)17/h8-9,12,14,25H,5-7,11H2,1-4H3,(H,23,26). The summed E-state index contributed by atoms with van der Waals surface area (Å²) in [6.45, 7) is 7.30. The van der Waals surface area contributed by atoms with E-state index in [2.05, 4.69) is 10.3 Å². The highest BCUT2D eigenvalue weighted by atomic mass is 16.6. The molecule has 150 valence electrons. The number of pyridine rings is 1. The van der Waals surface area contributed by atoms with Gasteiger partial charge < -0.3 is 15.2 Å². The van der Waals surface area contributed by atoms with Crippen molar-refractivity contribution in [3.63, 3.8) is 0 Å². The molecule has 0 bridgehead atoms. The molecule has 0 fully saturated rings. The van der Waals surface area contributed by atoms with E-state index in [1.807, 2.05) is 13.0 Å². The van der Waals surface area contributed by atoms with E-state index in [1.54, 1.807) is 20.8 Å².